The Morgan fingerprint density at radius 1 is 1.47 bits per heavy atom. The van der Waals surface area contributed by atoms with Gasteiger partial charge in [-0.25, -0.2) is 0 Å². The summed E-state index contributed by atoms with van der Waals surface area (Å²) >= 11 is 0. The van der Waals surface area contributed by atoms with Crippen LogP contribution in [0.4, 0.5) is 0 Å². The number of amides is 1. The van der Waals surface area contributed by atoms with Gasteiger partial charge in [0.05, 0.1) is 0 Å². The Hall–Kier alpha value is -1.43. The number of hydrogen-bond acceptors (Lipinski definition) is 5. The second-order valence-corrected chi connectivity index (χ2v) is 4.64. The molecule has 0 aromatic carbocycles. The fourth-order valence-electron chi connectivity index (χ4n) is 2.31. The molecule has 0 aliphatic carbocycles. The lowest BCUT2D eigenvalue weighted by Gasteiger charge is -2.33. The van der Waals surface area contributed by atoms with Gasteiger partial charge in [0, 0.05) is 19.6 Å². The SMILES string of the molecule is CCOCC(=O)N1CCCCC1c1nc(CC)no1. The molecule has 1 aromatic rings. The molecular formula is C13H21N3O3. The smallest absolute Gasteiger partial charge is 0.249 e. The van der Waals surface area contributed by atoms with Gasteiger partial charge < -0.3 is 14.2 Å². The molecule has 0 saturated carbocycles. The van der Waals surface area contributed by atoms with Crippen molar-refractivity contribution in [2.75, 3.05) is 19.8 Å². The lowest BCUT2D eigenvalue weighted by molar-refractivity contribution is -0.140. The lowest BCUT2D eigenvalue weighted by atomic mass is 10.0. The third-order valence-corrected chi connectivity index (χ3v) is 3.34. The van der Waals surface area contributed by atoms with Gasteiger partial charge in [-0.1, -0.05) is 12.1 Å². The highest BCUT2D eigenvalue weighted by Crippen LogP contribution is 2.29. The molecule has 1 atom stereocenters. The molecule has 1 fully saturated rings. The van der Waals surface area contributed by atoms with Gasteiger partial charge in [0.1, 0.15) is 12.6 Å². The van der Waals surface area contributed by atoms with E-state index < -0.39 is 0 Å². The van der Waals surface area contributed by atoms with E-state index in [1.165, 1.54) is 0 Å². The van der Waals surface area contributed by atoms with Crippen molar-refractivity contribution in [2.24, 2.45) is 0 Å². The van der Waals surface area contributed by atoms with Crippen molar-refractivity contribution in [3.8, 4) is 0 Å². The van der Waals surface area contributed by atoms with Crippen LogP contribution >= 0.6 is 0 Å². The molecule has 0 N–H and O–H groups in total. The number of rotatable bonds is 5. The number of carbonyl (C=O) groups excluding carboxylic acids is 1. The molecule has 6 nitrogen and oxygen atoms in total. The maximum Gasteiger partial charge on any atom is 0.249 e. The average Bonchev–Trinajstić information content (AvgIpc) is 2.93. The van der Waals surface area contributed by atoms with E-state index in [-0.39, 0.29) is 18.6 Å². The van der Waals surface area contributed by atoms with E-state index in [1.54, 1.807) is 0 Å². The van der Waals surface area contributed by atoms with Crippen molar-refractivity contribution < 1.29 is 14.1 Å². The Morgan fingerprint density at radius 3 is 3.00 bits per heavy atom. The zero-order chi connectivity index (χ0) is 13.7. The molecule has 0 radical (unpaired) electrons. The predicted octanol–water partition coefficient (Wildman–Crippen LogP) is 1.72. The van der Waals surface area contributed by atoms with Crippen molar-refractivity contribution in [1.82, 2.24) is 15.0 Å². The Bertz CT molecular complexity index is 419. The molecule has 0 spiro atoms. The van der Waals surface area contributed by atoms with Crippen LogP contribution in [0.3, 0.4) is 0 Å². The Kier molecular flexibility index (Phi) is 4.90. The molecule has 6 heteroatoms. The van der Waals surface area contributed by atoms with Crippen LogP contribution in [-0.4, -0.2) is 40.7 Å². The number of carbonyl (C=O) groups is 1. The van der Waals surface area contributed by atoms with Gasteiger partial charge in [0.2, 0.25) is 11.8 Å². The second-order valence-electron chi connectivity index (χ2n) is 4.64. The fourth-order valence-corrected chi connectivity index (χ4v) is 2.31. The summed E-state index contributed by atoms with van der Waals surface area (Å²) in [6.45, 7) is 5.27. The quantitative estimate of drug-likeness (QED) is 0.812. The number of aromatic nitrogens is 2. The number of nitrogens with zero attached hydrogens (tertiary/aromatic N) is 3. The van der Waals surface area contributed by atoms with Gasteiger partial charge in [-0.3, -0.25) is 4.79 Å². The normalized spacial score (nSPS) is 19.7. The molecule has 2 rings (SSSR count). The summed E-state index contributed by atoms with van der Waals surface area (Å²) < 4.78 is 10.5. The van der Waals surface area contributed by atoms with E-state index in [0.717, 1.165) is 32.2 Å². The van der Waals surface area contributed by atoms with E-state index >= 15 is 0 Å². The van der Waals surface area contributed by atoms with E-state index in [2.05, 4.69) is 10.1 Å². The van der Waals surface area contributed by atoms with Gasteiger partial charge in [-0.15, -0.1) is 0 Å². The van der Waals surface area contributed by atoms with Crippen LogP contribution in [-0.2, 0) is 16.0 Å². The molecular weight excluding hydrogens is 246 g/mol. The van der Waals surface area contributed by atoms with E-state index in [9.17, 15) is 4.79 Å². The Morgan fingerprint density at radius 2 is 2.32 bits per heavy atom. The predicted molar refractivity (Wildman–Crippen MR) is 68.5 cm³/mol. The van der Waals surface area contributed by atoms with Crippen LogP contribution < -0.4 is 0 Å². The molecule has 1 aliphatic rings. The van der Waals surface area contributed by atoms with Crippen molar-refractivity contribution in [3.05, 3.63) is 11.7 Å². The van der Waals surface area contributed by atoms with Crippen molar-refractivity contribution in [3.63, 3.8) is 0 Å². The van der Waals surface area contributed by atoms with Crippen LogP contribution in [0.15, 0.2) is 4.52 Å². The average molecular weight is 267 g/mol. The number of aryl methyl sites for hydroxylation is 1. The highest BCUT2D eigenvalue weighted by atomic mass is 16.5. The molecule has 2 heterocycles. The van der Waals surface area contributed by atoms with Crippen LogP contribution in [0.5, 0.6) is 0 Å². The van der Waals surface area contributed by atoms with Crippen molar-refractivity contribution in [2.45, 2.75) is 45.6 Å². The first-order valence-corrected chi connectivity index (χ1v) is 6.96. The topological polar surface area (TPSA) is 68.5 Å². The third kappa shape index (κ3) is 3.32. The van der Waals surface area contributed by atoms with Crippen molar-refractivity contribution >= 4 is 5.91 Å². The highest BCUT2D eigenvalue weighted by molar-refractivity contribution is 5.78. The van der Waals surface area contributed by atoms with Gasteiger partial charge in [0.15, 0.2) is 5.82 Å². The third-order valence-electron chi connectivity index (χ3n) is 3.34. The summed E-state index contributed by atoms with van der Waals surface area (Å²) in [6.07, 6.45) is 3.71. The number of piperidine rings is 1. The minimum Gasteiger partial charge on any atom is -0.372 e. The number of hydrogen-bond donors (Lipinski definition) is 0. The number of likely N-dealkylation sites (tertiary alicyclic amines) is 1. The first-order valence-electron chi connectivity index (χ1n) is 6.96. The first kappa shape index (κ1) is 14.0. The largest absolute Gasteiger partial charge is 0.372 e. The molecule has 1 aliphatic heterocycles. The van der Waals surface area contributed by atoms with Gasteiger partial charge in [-0.2, -0.15) is 4.98 Å². The maximum absolute atomic E-state index is 12.1. The van der Waals surface area contributed by atoms with Crippen LogP contribution in [0.1, 0.15) is 50.9 Å². The molecule has 106 valence electrons. The summed E-state index contributed by atoms with van der Waals surface area (Å²) in [5.41, 5.74) is 0. The summed E-state index contributed by atoms with van der Waals surface area (Å²) in [5, 5.41) is 3.91. The summed E-state index contributed by atoms with van der Waals surface area (Å²) in [7, 11) is 0. The van der Waals surface area contributed by atoms with Crippen LogP contribution in [0, 0.1) is 0 Å². The van der Waals surface area contributed by atoms with Gasteiger partial charge in [0.25, 0.3) is 0 Å². The minimum atomic E-state index is -0.0884. The molecule has 1 amide bonds. The van der Waals surface area contributed by atoms with E-state index in [1.807, 2.05) is 18.7 Å². The van der Waals surface area contributed by atoms with Gasteiger partial charge >= 0.3 is 0 Å². The zero-order valence-corrected chi connectivity index (χ0v) is 11.6. The molecule has 1 unspecified atom stereocenters. The fraction of sp³-hybridized carbons (Fsp3) is 0.769. The van der Waals surface area contributed by atoms with Crippen LogP contribution in [0.2, 0.25) is 0 Å². The Labute approximate surface area is 113 Å². The summed E-state index contributed by atoms with van der Waals surface area (Å²) in [6, 6.07) is -0.0884. The standard InChI is InChI=1S/C13H21N3O3/c1-3-11-14-13(19-15-11)10-7-5-6-8-16(10)12(17)9-18-4-2/h10H,3-9H2,1-2H3. The van der Waals surface area contributed by atoms with Gasteiger partial charge in [-0.05, 0) is 26.2 Å². The number of ether oxygens (including phenoxy) is 1. The molecule has 1 saturated heterocycles. The molecule has 1 aromatic heterocycles. The molecule has 0 bridgehead atoms. The van der Waals surface area contributed by atoms with Crippen molar-refractivity contribution in [1.29, 1.82) is 0 Å². The summed E-state index contributed by atoms with van der Waals surface area (Å²) in [4.78, 5) is 18.3. The minimum absolute atomic E-state index is 0.00259. The lowest BCUT2D eigenvalue weighted by Crippen LogP contribution is -2.40. The maximum atomic E-state index is 12.1. The van der Waals surface area contributed by atoms with E-state index in [0.29, 0.717) is 18.3 Å². The second kappa shape index (κ2) is 6.65. The highest BCUT2D eigenvalue weighted by Gasteiger charge is 2.31. The monoisotopic (exact) mass is 267 g/mol. The van der Waals surface area contributed by atoms with Crippen LogP contribution in [0.25, 0.3) is 0 Å². The first-order chi connectivity index (χ1) is 9.26. The Balaban J connectivity index is 2.08. The van der Waals surface area contributed by atoms with E-state index in [4.69, 9.17) is 9.26 Å². The summed E-state index contributed by atoms with van der Waals surface area (Å²) in [5.74, 6) is 1.25. The zero-order valence-electron chi connectivity index (χ0n) is 11.6. The molecule has 19 heavy (non-hydrogen) atoms.